The summed E-state index contributed by atoms with van der Waals surface area (Å²) in [4.78, 5) is 87.5. The number of carboxylic acids is 1. The highest BCUT2D eigenvalue weighted by atomic mass is 16.6. The highest BCUT2D eigenvalue weighted by molar-refractivity contribution is 6.06. The molecule has 1 aliphatic rings. The number of hydrogen-bond donors (Lipinski definition) is 5. The van der Waals surface area contributed by atoms with Crippen LogP contribution in [-0.4, -0.2) is 88.7 Å². The zero-order valence-corrected chi connectivity index (χ0v) is 26.2. The first kappa shape index (κ1) is 36.4. The summed E-state index contributed by atoms with van der Waals surface area (Å²) >= 11 is 0. The van der Waals surface area contributed by atoms with Gasteiger partial charge in [-0.1, -0.05) is 40.7 Å². The van der Waals surface area contributed by atoms with E-state index in [1.807, 2.05) is 13.8 Å². The Balaban J connectivity index is 2.02. The highest BCUT2D eigenvalue weighted by Crippen LogP contribution is 2.25. The van der Waals surface area contributed by atoms with E-state index >= 15 is 0 Å². The van der Waals surface area contributed by atoms with Crippen molar-refractivity contribution in [2.75, 3.05) is 26.2 Å². The van der Waals surface area contributed by atoms with Gasteiger partial charge in [-0.25, -0.2) is 4.79 Å². The van der Waals surface area contributed by atoms with Crippen molar-refractivity contribution < 1.29 is 38.8 Å². The van der Waals surface area contributed by atoms with Crippen LogP contribution in [0.2, 0.25) is 0 Å². The first-order valence-electron chi connectivity index (χ1n) is 14.5. The van der Waals surface area contributed by atoms with Crippen LogP contribution in [0, 0.1) is 27.4 Å². The van der Waals surface area contributed by atoms with Crippen molar-refractivity contribution in [2.45, 2.75) is 59.5 Å². The number of rotatable bonds is 13. The summed E-state index contributed by atoms with van der Waals surface area (Å²) in [6.07, 6.45) is 2.67. The first-order chi connectivity index (χ1) is 21.0. The van der Waals surface area contributed by atoms with Gasteiger partial charge in [-0.05, 0) is 30.2 Å². The van der Waals surface area contributed by atoms with Gasteiger partial charge in [-0.2, -0.15) is 0 Å². The maximum atomic E-state index is 13.6. The second kappa shape index (κ2) is 15.8. The number of carboxylic acid groups (broad SMARTS) is 1. The average Bonchev–Trinajstić information content (AvgIpc) is 2.98. The van der Waals surface area contributed by atoms with Gasteiger partial charge in [0, 0.05) is 31.3 Å². The number of benzene rings is 1. The largest absolute Gasteiger partial charge is 0.478 e. The molecule has 3 atom stereocenters. The number of nitro groups is 1. The third-order valence-electron chi connectivity index (χ3n) is 7.34. The number of non-ortho nitro benzene ring substituents is 1. The number of carbonyl (C=O) groups is 6. The molecule has 1 aromatic rings. The fourth-order valence-corrected chi connectivity index (χ4v) is 4.76. The monoisotopic (exact) mass is 630 g/mol. The lowest BCUT2D eigenvalue weighted by Gasteiger charge is -2.38. The van der Waals surface area contributed by atoms with Crippen LogP contribution in [0.25, 0.3) is 0 Å². The van der Waals surface area contributed by atoms with Crippen LogP contribution in [0.15, 0.2) is 30.9 Å². The molecule has 1 saturated heterocycles. The summed E-state index contributed by atoms with van der Waals surface area (Å²) in [6, 6.07) is 1.43. The minimum absolute atomic E-state index is 0.0882. The fraction of sp³-hybridized carbons (Fsp3) is 0.533. The molecule has 0 bridgehead atoms. The van der Waals surface area contributed by atoms with Crippen LogP contribution in [0.1, 0.15) is 68.2 Å². The van der Waals surface area contributed by atoms with E-state index in [0.29, 0.717) is 19.4 Å². The summed E-state index contributed by atoms with van der Waals surface area (Å²) in [5.41, 5.74) is -2.26. The SMILES string of the molecule is C=CC(NC(=O)CNC(=O)[C@@H]1CCCN(C(=O)C(NC(=O)CNC(=O)c2ccc([N+](=O)[O-])cc2C(=O)O)C(C)(C)C)C1)C(C)C. The second-order valence-corrected chi connectivity index (χ2v) is 12.3. The Morgan fingerprint density at radius 3 is 2.24 bits per heavy atom. The van der Waals surface area contributed by atoms with Crippen LogP contribution in [0.4, 0.5) is 5.69 Å². The van der Waals surface area contributed by atoms with Crippen molar-refractivity contribution in [1.82, 2.24) is 26.2 Å². The van der Waals surface area contributed by atoms with Gasteiger partial charge in [-0.3, -0.25) is 34.1 Å². The lowest BCUT2D eigenvalue weighted by molar-refractivity contribution is -0.384. The lowest BCUT2D eigenvalue weighted by Crippen LogP contribution is -2.58. The van der Waals surface area contributed by atoms with Gasteiger partial charge in [0.25, 0.3) is 11.6 Å². The van der Waals surface area contributed by atoms with Crippen molar-refractivity contribution in [3.8, 4) is 0 Å². The molecule has 15 heteroatoms. The predicted molar refractivity (Wildman–Crippen MR) is 163 cm³/mol. The summed E-state index contributed by atoms with van der Waals surface area (Å²) in [6.45, 7) is 12.4. The topological polar surface area (TPSA) is 217 Å². The van der Waals surface area contributed by atoms with E-state index in [9.17, 15) is 44.0 Å². The highest BCUT2D eigenvalue weighted by Gasteiger charge is 2.38. The van der Waals surface area contributed by atoms with Crippen molar-refractivity contribution in [2.24, 2.45) is 17.3 Å². The van der Waals surface area contributed by atoms with Gasteiger partial charge in [0.15, 0.2) is 0 Å². The third kappa shape index (κ3) is 10.4. The number of hydrogen-bond acceptors (Lipinski definition) is 8. The van der Waals surface area contributed by atoms with Crippen LogP contribution in [0.5, 0.6) is 0 Å². The van der Waals surface area contributed by atoms with E-state index in [1.165, 1.54) is 4.90 Å². The normalized spacial score (nSPS) is 16.1. The molecule has 0 saturated carbocycles. The molecule has 2 unspecified atom stereocenters. The van der Waals surface area contributed by atoms with E-state index in [1.54, 1.807) is 26.8 Å². The maximum Gasteiger partial charge on any atom is 0.336 e. The molecule has 0 aliphatic carbocycles. The van der Waals surface area contributed by atoms with Gasteiger partial charge in [0.1, 0.15) is 6.04 Å². The van der Waals surface area contributed by atoms with E-state index in [2.05, 4.69) is 27.8 Å². The maximum absolute atomic E-state index is 13.6. The number of likely N-dealkylation sites (tertiary alicyclic amines) is 1. The third-order valence-corrected chi connectivity index (χ3v) is 7.34. The molecule has 1 aliphatic heterocycles. The van der Waals surface area contributed by atoms with Crippen molar-refractivity contribution in [3.63, 3.8) is 0 Å². The first-order valence-corrected chi connectivity index (χ1v) is 14.5. The quantitative estimate of drug-likeness (QED) is 0.120. The van der Waals surface area contributed by atoms with Crippen LogP contribution < -0.4 is 21.3 Å². The molecular weight excluding hydrogens is 588 g/mol. The Morgan fingerprint density at radius 2 is 1.69 bits per heavy atom. The van der Waals surface area contributed by atoms with Gasteiger partial charge in [0.05, 0.1) is 35.1 Å². The number of nitro benzene ring substituents is 1. The van der Waals surface area contributed by atoms with E-state index in [4.69, 9.17) is 0 Å². The number of carbonyl (C=O) groups excluding carboxylic acids is 5. The molecule has 15 nitrogen and oxygen atoms in total. The summed E-state index contributed by atoms with van der Waals surface area (Å²) in [7, 11) is 0. The fourth-order valence-electron chi connectivity index (χ4n) is 4.76. The molecule has 1 heterocycles. The number of nitrogens with one attached hydrogen (secondary N) is 4. The van der Waals surface area contributed by atoms with Crippen LogP contribution >= 0.6 is 0 Å². The molecule has 45 heavy (non-hydrogen) atoms. The van der Waals surface area contributed by atoms with E-state index < -0.39 is 63.8 Å². The van der Waals surface area contributed by atoms with Crippen molar-refractivity contribution >= 4 is 41.2 Å². The van der Waals surface area contributed by atoms with Gasteiger partial charge in [0.2, 0.25) is 23.6 Å². The molecule has 246 valence electrons. The van der Waals surface area contributed by atoms with Crippen LogP contribution in [-0.2, 0) is 19.2 Å². The van der Waals surface area contributed by atoms with Gasteiger partial charge < -0.3 is 31.3 Å². The van der Waals surface area contributed by atoms with Crippen LogP contribution in [0.3, 0.4) is 0 Å². The number of piperidine rings is 1. The Bertz CT molecular complexity index is 1340. The molecular formula is C30H42N6O9. The molecule has 1 fully saturated rings. The Labute approximate surface area is 261 Å². The molecule has 5 amide bonds. The minimum atomic E-state index is -1.56. The second-order valence-electron chi connectivity index (χ2n) is 12.3. The van der Waals surface area contributed by atoms with Crippen molar-refractivity contribution in [3.05, 3.63) is 52.1 Å². The lowest BCUT2D eigenvalue weighted by atomic mass is 9.85. The van der Waals surface area contributed by atoms with Gasteiger partial charge >= 0.3 is 5.97 Å². The van der Waals surface area contributed by atoms with Crippen molar-refractivity contribution in [1.29, 1.82) is 0 Å². The van der Waals surface area contributed by atoms with E-state index in [-0.39, 0.29) is 42.4 Å². The Kier molecular flexibility index (Phi) is 12.7. The average molecular weight is 631 g/mol. The zero-order chi connectivity index (χ0) is 34.1. The summed E-state index contributed by atoms with van der Waals surface area (Å²) in [5.74, 6) is -4.81. The van der Waals surface area contributed by atoms with E-state index in [0.717, 1.165) is 18.2 Å². The molecule has 5 N–H and O–H groups in total. The Hall–Kier alpha value is -4.82. The summed E-state index contributed by atoms with van der Waals surface area (Å²) < 4.78 is 0. The standard InChI is InChI=1S/C30H42N6O9/c1-7-22(17(2)3)33-23(37)14-31-26(39)18-9-8-12-35(16-18)28(41)25(30(4,5)6)34-24(38)15-32-27(40)20-11-10-19(36(44)45)13-21(20)29(42)43/h7,10-11,13,17-18,22,25H,1,8-9,12,14-16H2,2-6H3,(H,31,39)(H,32,40)(H,33,37)(H,34,38)(H,42,43)/t18-,22?,25?/m1/s1. The number of nitrogens with zero attached hydrogens (tertiary/aromatic N) is 2. The summed E-state index contributed by atoms with van der Waals surface area (Å²) in [5, 5.41) is 30.7. The smallest absolute Gasteiger partial charge is 0.336 e. The molecule has 0 spiro atoms. The zero-order valence-electron chi connectivity index (χ0n) is 26.2. The number of aromatic carboxylic acids is 1. The molecule has 2 rings (SSSR count). The molecule has 0 aromatic heterocycles. The number of amides is 5. The molecule has 0 radical (unpaired) electrons. The van der Waals surface area contributed by atoms with Gasteiger partial charge in [-0.15, -0.1) is 6.58 Å². The predicted octanol–water partition coefficient (Wildman–Crippen LogP) is 1.24. The Morgan fingerprint density at radius 1 is 1.07 bits per heavy atom. The molecule has 1 aromatic carbocycles. The minimum Gasteiger partial charge on any atom is -0.478 e.